The molecule has 0 amide bonds. The summed E-state index contributed by atoms with van der Waals surface area (Å²) in [4.78, 5) is 12.3. The lowest BCUT2D eigenvalue weighted by Crippen LogP contribution is -2.10. The molecule has 0 radical (unpaired) electrons. The van der Waals surface area contributed by atoms with Gasteiger partial charge in [0.05, 0.1) is 7.11 Å². The third kappa shape index (κ3) is 2.56. The highest BCUT2D eigenvalue weighted by Gasteiger charge is 2.19. The van der Waals surface area contributed by atoms with E-state index in [1.54, 1.807) is 0 Å². The molecule has 0 unspecified atom stereocenters. The first kappa shape index (κ1) is 10.6. The molecule has 82 valence electrons. The fourth-order valence-electron chi connectivity index (χ4n) is 1.98. The van der Waals surface area contributed by atoms with Gasteiger partial charge in [-0.3, -0.25) is 0 Å². The van der Waals surface area contributed by atoms with E-state index in [0.29, 0.717) is 11.9 Å². The molecule has 0 aliphatic heterocycles. The third-order valence-electron chi connectivity index (χ3n) is 2.76. The Hall–Kier alpha value is -0.900. The monoisotopic (exact) mass is 227 g/mol. The topological polar surface area (TPSA) is 47.9 Å². The van der Waals surface area contributed by atoms with Gasteiger partial charge in [0, 0.05) is 5.92 Å². The van der Waals surface area contributed by atoms with Crippen molar-refractivity contribution in [2.75, 3.05) is 7.11 Å². The Kier molecular flexibility index (Phi) is 3.36. The van der Waals surface area contributed by atoms with Gasteiger partial charge < -0.3 is 4.74 Å². The van der Waals surface area contributed by atoms with Crippen molar-refractivity contribution in [3.63, 3.8) is 0 Å². The maximum Gasteiger partial charge on any atom is 0.320 e. The van der Waals surface area contributed by atoms with Crippen LogP contribution in [0.3, 0.4) is 0 Å². The van der Waals surface area contributed by atoms with Gasteiger partial charge in [-0.15, -0.1) is 0 Å². The molecule has 0 aromatic carbocycles. The van der Waals surface area contributed by atoms with Crippen molar-refractivity contribution in [2.45, 2.75) is 38.0 Å². The van der Waals surface area contributed by atoms with Crippen LogP contribution in [0.15, 0.2) is 0 Å². The normalized spacial score (nSPS) is 17.7. The first-order chi connectivity index (χ1) is 7.29. The zero-order chi connectivity index (χ0) is 10.7. The minimum Gasteiger partial charge on any atom is -0.467 e. The smallest absolute Gasteiger partial charge is 0.320 e. The quantitative estimate of drug-likeness (QED) is 0.779. The number of hydrogen-bond acceptors (Lipinski definition) is 4. The van der Waals surface area contributed by atoms with E-state index in [0.717, 1.165) is 18.7 Å². The molecule has 0 N–H and O–H groups in total. The Balaban J connectivity index is 2.22. The molecule has 1 aromatic heterocycles. The fraction of sp³-hybridized carbons (Fsp3) is 0.700. The standard InChI is InChI=1S/C10H14ClN3O/c1-15-10-13-8(12-9(11)14-10)7-5-3-2-4-6-7/h7H,2-6H2,1H3. The van der Waals surface area contributed by atoms with Gasteiger partial charge in [0.2, 0.25) is 5.28 Å². The molecule has 0 spiro atoms. The SMILES string of the molecule is COc1nc(Cl)nc(C2CCCCC2)n1. The molecule has 15 heavy (non-hydrogen) atoms. The van der Waals surface area contributed by atoms with E-state index in [-0.39, 0.29) is 5.28 Å². The molecular weight excluding hydrogens is 214 g/mol. The Morgan fingerprint density at radius 1 is 1.13 bits per heavy atom. The average molecular weight is 228 g/mol. The fourth-order valence-corrected chi connectivity index (χ4v) is 2.14. The van der Waals surface area contributed by atoms with Crippen LogP contribution in [0.2, 0.25) is 5.28 Å². The number of hydrogen-bond donors (Lipinski definition) is 0. The molecule has 0 saturated heterocycles. The van der Waals surface area contributed by atoms with Crippen LogP contribution in [-0.4, -0.2) is 22.1 Å². The first-order valence-electron chi connectivity index (χ1n) is 5.25. The number of rotatable bonds is 2. The summed E-state index contributed by atoms with van der Waals surface area (Å²) in [7, 11) is 1.54. The Bertz CT molecular complexity index is 339. The van der Waals surface area contributed by atoms with E-state index < -0.39 is 0 Å². The summed E-state index contributed by atoms with van der Waals surface area (Å²) < 4.78 is 4.98. The van der Waals surface area contributed by atoms with Crippen molar-refractivity contribution < 1.29 is 4.74 Å². The second-order valence-corrected chi connectivity index (χ2v) is 4.12. The van der Waals surface area contributed by atoms with Crippen molar-refractivity contribution in [3.05, 3.63) is 11.1 Å². The van der Waals surface area contributed by atoms with Crippen molar-refractivity contribution >= 4 is 11.6 Å². The summed E-state index contributed by atoms with van der Waals surface area (Å²) in [5.41, 5.74) is 0. The molecule has 1 fully saturated rings. The van der Waals surface area contributed by atoms with E-state index in [9.17, 15) is 0 Å². The Labute approximate surface area is 94.1 Å². The highest BCUT2D eigenvalue weighted by molar-refractivity contribution is 6.28. The van der Waals surface area contributed by atoms with E-state index in [1.807, 2.05) is 0 Å². The molecule has 0 bridgehead atoms. The largest absolute Gasteiger partial charge is 0.467 e. The van der Waals surface area contributed by atoms with Crippen LogP contribution >= 0.6 is 11.6 Å². The summed E-state index contributed by atoms with van der Waals surface area (Å²) in [5.74, 6) is 1.21. The summed E-state index contributed by atoms with van der Waals surface area (Å²) >= 11 is 5.81. The summed E-state index contributed by atoms with van der Waals surface area (Å²) in [6.45, 7) is 0. The van der Waals surface area contributed by atoms with E-state index >= 15 is 0 Å². The molecule has 5 heteroatoms. The molecule has 1 aliphatic carbocycles. The highest BCUT2D eigenvalue weighted by Crippen LogP contribution is 2.31. The zero-order valence-corrected chi connectivity index (χ0v) is 9.50. The molecule has 1 aliphatic rings. The van der Waals surface area contributed by atoms with Gasteiger partial charge in [0.15, 0.2) is 0 Å². The van der Waals surface area contributed by atoms with Gasteiger partial charge in [-0.05, 0) is 24.4 Å². The average Bonchev–Trinajstić information content (AvgIpc) is 2.29. The number of halogens is 1. The first-order valence-corrected chi connectivity index (χ1v) is 5.63. The van der Waals surface area contributed by atoms with Crippen molar-refractivity contribution in [1.29, 1.82) is 0 Å². The molecule has 1 saturated carbocycles. The van der Waals surface area contributed by atoms with Crippen molar-refractivity contribution in [2.24, 2.45) is 0 Å². The van der Waals surface area contributed by atoms with Gasteiger partial charge in [-0.25, -0.2) is 4.98 Å². The third-order valence-corrected chi connectivity index (χ3v) is 2.93. The van der Waals surface area contributed by atoms with Gasteiger partial charge in [-0.2, -0.15) is 9.97 Å². The lowest BCUT2D eigenvalue weighted by Gasteiger charge is -2.19. The minimum absolute atomic E-state index is 0.224. The van der Waals surface area contributed by atoms with Crippen molar-refractivity contribution in [3.8, 4) is 6.01 Å². The Morgan fingerprint density at radius 3 is 2.53 bits per heavy atom. The Morgan fingerprint density at radius 2 is 1.87 bits per heavy atom. The molecule has 1 aromatic rings. The molecule has 2 rings (SSSR count). The maximum absolute atomic E-state index is 5.81. The molecule has 0 atom stereocenters. The van der Waals surface area contributed by atoms with Gasteiger partial charge in [0.25, 0.3) is 0 Å². The van der Waals surface area contributed by atoms with Crippen LogP contribution in [0, 0.1) is 0 Å². The number of nitrogens with zero attached hydrogens (tertiary/aromatic N) is 3. The summed E-state index contributed by atoms with van der Waals surface area (Å²) in [6.07, 6.45) is 6.09. The van der Waals surface area contributed by atoms with Crippen LogP contribution < -0.4 is 4.74 Å². The molecule has 4 nitrogen and oxygen atoms in total. The van der Waals surface area contributed by atoms with E-state index in [2.05, 4.69) is 15.0 Å². The summed E-state index contributed by atoms with van der Waals surface area (Å²) in [5, 5.41) is 0.224. The number of aromatic nitrogens is 3. The molecule has 1 heterocycles. The number of methoxy groups -OCH3 is 1. The van der Waals surface area contributed by atoms with Crippen LogP contribution in [0.1, 0.15) is 43.8 Å². The van der Waals surface area contributed by atoms with Crippen LogP contribution in [-0.2, 0) is 0 Å². The van der Waals surface area contributed by atoms with Crippen molar-refractivity contribution in [1.82, 2.24) is 15.0 Å². The van der Waals surface area contributed by atoms with Gasteiger partial charge in [-0.1, -0.05) is 19.3 Å². The minimum atomic E-state index is 0.224. The van der Waals surface area contributed by atoms with Gasteiger partial charge in [0.1, 0.15) is 5.82 Å². The van der Waals surface area contributed by atoms with Crippen LogP contribution in [0.4, 0.5) is 0 Å². The second kappa shape index (κ2) is 4.75. The summed E-state index contributed by atoms with van der Waals surface area (Å²) in [6, 6.07) is 0.315. The predicted molar refractivity (Wildman–Crippen MR) is 57.2 cm³/mol. The number of ether oxygens (including phenoxy) is 1. The van der Waals surface area contributed by atoms with Crippen LogP contribution in [0.25, 0.3) is 0 Å². The second-order valence-electron chi connectivity index (χ2n) is 3.78. The highest BCUT2D eigenvalue weighted by atomic mass is 35.5. The van der Waals surface area contributed by atoms with Gasteiger partial charge >= 0.3 is 6.01 Å². The van der Waals surface area contributed by atoms with E-state index in [1.165, 1.54) is 26.4 Å². The van der Waals surface area contributed by atoms with Crippen LogP contribution in [0.5, 0.6) is 6.01 Å². The molecular formula is C10H14ClN3O. The zero-order valence-electron chi connectivity index (χ0n) is 8.74. The van der Waals surface area contributed by atoms with E-state index in [4.69, 9.17) is 16.3 Å². The lowest BCUT2D eigenvalue weighted by molar-refractivity contribution is 0.366. The maximum atomic E-state index is 5.81. The lowest BCUT2D eigenvalue weighted by atomic mass is 9.89. The predicted octanol–water partition coefficient (Wildman–Crippen LogP) is 2.58.